The molecule has 1 fully saturated rings. The summed E-state index contributed by atoms with van der Waals surface area (Å²) in [6.45, 7) is 0. The average molecular weight is 343 g/mol. The molecule has 1 saturated carbocycles. The van der Waals surface area contributed by atoms with Gasteiger partial charge in [-0.1, -0.05) is 42.5 Å². The summed E-state index contributed by atoms with van der Waals surface area (Å²) < 4.78 is 12.9. The molecule has 5 heteroatoms. The highest BCUT2D eigenvalue weighted by molar-refractivity contribution is 8.00. The van der Waals surface area contributed by atoms with Crippen molar-refractivity contribution >= 4 is 23.5 Å². The van der Waals surface area contributed by atoms with Gasteiger partial charge in [-0.15, -0.1) is 11.8 Å². The maximum Gasteiger partial charge on any atom is 0.230 e. The van der Waals surface area contributed by atoms with Gasteiger partial charge in [0.1, 0.15) is 5.82 Å². The van der Waals surface area contributed by atoms with E-state index >= 15 is 0 Å². The first-order chi connectivity index (χ1) is 11.6. The molecule has 0 saturated heterocycles. The molecule has 0 heterocycles. The van der Waals surface area contributed by atoms with E-state index < -0.39 is 0 Å². The maximum atomic E-state index is 12.9. The number of hydrogen-bond donors (Lipinski definition) is 1. The largest absolute Gasteiger partial charge is 0.352 e. The van der Waals surface area contributed by atoms with Crippen molar-refractivity contribution in [1.29, 1.82) is 0 Å². The fraction of sp³-hybridized carbons (Fsp3) is 0.263. The van der Waals surface area contributed by atoms with E-state index in [4.69, 9.17) is 0 Å². The first-order valence-electron chi connectivity index (χ1n) is 7.84. The Bertz CT molecular complexity index is 718. The third-order valence-corrected chi connectivity index (χ3v) is 4.93. The minimum Gasteiger partial charge on any atom is -0.352 e. The van der Waals surface area contributed by atoms with Crippen molar-refractivity contribution in [3.05, 3.63) is 71.5 Å². The molecule has 0 unspecified atom stereocenters. The molecule has 1 aliphatic rings. The second kappa shape index (κ2) is 7.62. The molecule has 2 atom stereocenters. The summed E-state index contributed by atoms with van der Waals surface area (Å²) in [6.07, 6.45) is 0.880. The van der Waals surface area contributed by atoms with Crippen LogP contribution < -0.4 is 5.32 Å². The molecule has 1 amide bonds. The Balaban J connectivity index is 1.38. The zero-order valence-electron chi connectivity index (χ0n) is 13.1. The Morgan fingerprint density at radius 3 is 2.46 bits per heavy atom. The number of ketones is 1. The molecule has 1 N–H and O–H groups in total. The van der Waals surface area contributed by atoms with E-state index in [1.54, 1.807) is 24.3 Å². The lowest BCUT2D eigenvalue weighted by Gasteiger charge is -2.05. The van der Waals surface area contributed by atoms with E-state index in [1.165, 1.54) is 23.9 Å². The van der Waals surface area contributed by atoms with Crippen LogP contribution in [0.5, 0.6) is 0 Å². The van der Waals surface area contributed by atoms with Crippen LogP contribution in [0.25, 0.3) is 0 Å². The molecule has 2 aromatic carbocycles. The zero-order valence-corrected chi connectivity index (χ0v) is 13.9. The molecule has 124 valence electrons. The quantitative estimate of drug-likeness (QED) is 0.784. The maximum absolute atomic E-state index is 12.9. The van der Waals surface area contributed by atoms with Gasteiger partial charge < -0.3 is 5.32 Å². The predicted molar refractivity (Wildman–Crippen MR) is 93.8 cm³/mol. The molecule has 0 aliphatic heterocycles. The molecule has 1 aliphatic carbocycles. The van der Waals surface area contributed by atoms with Gasteiger partial charge in [0, 0.05) is 17.5 Å². The Morgan fingerprint density at radius 1 is 1.04 bits per heavy atom. The monoisotopic (exact) mass is 343 g/mol. The van der Waals surface area contributed by atoms with Crippen molar-refractivity contribution in [3.63, 3.8) is 0 Å². The number of rotatable bonds is 7. The van der Waals surface area contributed by atoms with Crippen LogP contribution in [0.2, 0.25) is 0 Å². The number of Topliss-reactive ketones (excluding diaryl/α,β-unsaturated/α-hetero) is 1. The summed E-state index contributed by atoms with van der Waals surface area (Å²) in [5.41, 5.74) is 1.72. The number of carbonyl (C=O) groups excluding carboxylic acids is 2. The Morgan fingerprint density at radius 2 is 1.75 bits per heavy atom. The number of nitrogens with one attached hydrogen (secondary N) is 1. The van der Waals surface area contributed by atoms with Crippen molar-refractivity contribution in [3.8, 4) is 0 Å². The number of carbonyl (C=O) groups is 2. The van der Waals surface area contributed by atoms with Gasteiger partial charge >= 0.3 is 0 Å². The van der Waals surface area contributed by atoms with Gasteiger partial charge in [0.2, 0.25) is 5.91 Å². The number of hydrogen-bond acceptors (Lipinski definition) is 3. The van der Waals surface area contributed by atoms with E-state index in [0.29, 0.717) is 11.3 Å². The summed E-state index contributed by atoms with van der Waals surface area (Å²) >= 11 is 1.32. The lowest BCUT2D eigenvalue weighted by Crippen LogP contribution is -2.28. The highest BCUT2D eigenvalue weighted by atomic mass is 32.2. The van der Waals surface area contributed by atoms with Gasteiger partial charge in [0.25, 0.3) is 0 Å². The van der Waals surface area contributed by atoms with Gasteiger partial charge in [-0.3, -0.25) is 9.59 Å². The highest BCUT2D eigenvalue weighted by Gasteiger charge is 2.39. The van der Waals surface area contributed by atoms with Crippen LogP contribution in [0.3, 0.4) is 0 Å². The SMILES string of the molecule is O=C(CSCC(=O)c1ccccc1)N[C@@H]1C[C@H]1c1ccc(F)cc1. The number of amides is 1. The van der Waals surface area contributed by atoms with Crippen molar-refractivity contribution in [1.82, 2.24) is 5.32 Å². The number of halogens is 1. The lowest BCUT2D eigenvalue weighted by atomic mass is 10.1. The van der Waals surface area contributed by atoms with Crippen LogP contribution in [-0.2, 0) is 4.79 Å². The van der Waals surface area contributed by atoms with Gasteiger partial charge in [0.05, 0.1) is 11.5 Å². The molecule has 0 spiro atoms. The molecule has 0 radical (unpaired) electrons. The third-order valence-electron chi connectivity index (χ3n) is 4.00. The normalized spacial score (nSPS) is 18.9. The summed E-state index contributed by atoms with van der Waals surface area (Å²) in [7, 11) is 0. The molecule has 2 aromatic rings. The van der Waals surface area contributed by atoms with Crippen molar-refractivity contribution in [2.45, 2.75) is 18.4 Å². The highest BCUT2D eigenvalue weighted by Crippen LogP contribution is 2.40. The number of thioether (sulfide) groups is 1. The van der Waals surface area contributed by atoms with Crippen molar-refractivity contribution in [2.24, 2.45) is 0 Å². The van der Waals surface area contributed by atoms with Crippen LogP contribution >= 0.6 is 11.8 Å². The van der Waals surface area contributed by atoms with Crippen LogP contribution in [0.15, 0.2) is 54.6 Å². The second-order valence-electron chi connectivity index (χ2n) is 5.85. The fourth-order valence-corrected chi connectivity index (χ4v) is 3.35. The lowest BCUT2D eigenvalue weighted by molar-refractivity contribution is -0.118. The van der Waals surface area contributed by atoms with E-state index in [2.05, 4.69) is 5.32 Å². The Kier molecular flexibility index (Phi) is 5.30. The second-order valence-corrected chi connectivity index (χ2v) is 6.84. The van der Waals surface area contributed by atoms with Crippen molar-refractivity contribution < 1.29 is 14.0 Å². The van der Waals surface area contributed by atoms with E-state index in [-0.39, 0.29) is 35.2 Å². The van der Waals surface area contributed by atoms with Crippen molar-refractivity contribution in [2.75, 3.05) is 11.5 Å². The fourth-order valence-electron chi connectivity index (χ4n) is 2.63. The number of benzene rings is 2. The molecule has 0 bridgehead atoms. The summed E-state index contributed by atoms with van der Waals surface area (Å²) in [5, 5.41) is 2.97. The first kappa shape index (κ1) is 16.7. The van der Waals surface area contributed by atoms with Gasteiger partial charge in [-0.05, 0) is 24.1 Å². The summed E-state index contributed by atoms with van der Waals surface area (Å²) in [5.74, 6) is 0.554. The van der Waals surface area contributed by atoms with Crippen LogP contribution in [0.4, 0.5) is 4.39 Å². The Labute approximate surface area is 144 Å². The molecule has 24 heavy (non-hydrogen) atoms. The van der Waals surface area contributed by atoms with Gasteiger partial charge in [-0.25, -0.2) is 4.39 Å². The average Bonchev–Trinajstić information content (AvgIpc) is 3.35. The first-order valence-corrected chi connectivity index (χ1v) is 9.00. The summed E-state index contributed by atoms with van der Waals surface area (Å²) in [6, 6.07) is 15.6. The topological polar surface area (TPSA) is 46.2 Å². The van der Waals surface area contributed by atoms with E-state index in [1.807, 2.05) is 18.2 Å². The minimum atomic E-state index is -0.250. The van der Waals surface area contributed by atoms with Gasteiger partial charge in [0.15, 0.2) is 5.78 Å². The third kappa shape index (κ3) is 4.45. The minimum absolute atomic E-state index is 0.0315. The van der Waals surface area contributed by atoms with Gasteiger partial charge in [-0.2, -0.15) is 0 Å². The van der Waals surface area contributed by atoms with Crippen LogP contribution in [0, 0.1) is 5.82 Å². The zero-order chi connectivity index (χ0) is 16.9. The molecule has 0 aromatic heterocycles. The van der Waals surface area contributed by atoms with Crippen LogP contribution in [-0.4, -0.2) is 29.2 Å². The van der Waals surface area contributed by atoms with Crippen LogP contribution in [0.1, 0.15) is 28.3 Å². The predicted octanol–water partition coefficient (Wildman–Crippen LogP) is 3.41. The molecular formula is C19H18FNO2S. The molecular weight excluding hydrogens is 325 g/mol. The smallest absolute Gasteiger partial charge is 0.230 e. The summed E-state index contributed by atoms with van der Waals surface area (Å²) in [4.78, 5) is 23.9. The molecule has 3 nitrogen and oxygen atoms in total. The molecule has 3 rings (SSSR count). The van der Waals surface area contributed by atoms with E-state index in [0.717, 1.165) is 12.0 Å². The van der Waals surface area contributed by atoms with E-state index in [9.17, 15) is 14.0 Å². The Hall–Kier alpha value is -2.14. The standard InChI is InChI=1S/C19H18FNO2S/c20-15-8-6-13(7-9-15)16-10-17(16)21-19(23)12-24-11-18(22)14-4-2-1-3-5-14/h1-9,16-17H,10-12H2,(H,21,23)/t16-,17+/m0/s1.